The minimum atomic E-state index is -0.758. The van der Waals surface area contributed by atoms with E-state index < -0.39 is 17.2 Å². The Morgan fingerprint density at radius 3 is 2.40 bits per heavy atom. The predicted octanol–water partition coefficient (Wildman–Crippen LogP) is 2.05. The number of fused-ring (bicyclic) bond motifs is 1. The highest BCUT2D eigenvalue weighted by Gasteiger charge is 2.35. The molecule has 1 aromatic carbocycles. The van der Waals surface area contributed by atoms with Crippen LogP contribution in [0.3, 0.4) is 0 Å². The van der Waals surface area contributed by atoms with Gasteiger partial charge in [-0.05, 0) is 43.4 Å². The molecule has 1 fully saturated rings. The average Bonchev–Trinajstić information content (AvgIpc) is 2.76. The number of carbonyl (C=O) groups is 2. The summed E-state index contributed by atoms with van der Waals surface area (Å²) >= 11 is 0. The van der Waals surface area contributed by atoms with Gasteiger partial charge >= 0.3 is 0 Å². The lowest BCUT2D eigenvalue weighted by molar-refractivity contribution is 0.0701. The molecule has 1 saturated heterocycles. The topological polar surface area (TPSA) is 82.8 Å². The number of pyridine rings is 1. The molecule has 1 aromatic heterocycles. The third-order valence-electron chi connectivity index (χ3n) is 5.93. The molecule has 158 valence electrons. The first kappa shape index (κ1) is 20.1. The van der Waals surface area contributed by atoms with Crippen molar-refractivity contribution in [3.8, 4) is 5.75 Å². The molecule has 0 saturated carbocycles. The zero-order valence-electron chi connectivity index (χ0n) is 16.9. The van der Waals surface area contributed by atoms with Crippen molar-refractivity contribution in [1.29, 1.82) is 0 Å². The lowest BCUT2D eigenvalue weighted by atomic mass is 9.95. The lowest BCUT2D eigenvalue weighted by Crippen LogP contribution is -2.44. The van der Waals surface area contributed by atoms with Crippen LogP contribution in [0.1, 0.15) is 51.2 Å². The summed E-state index contributed by atoms with van der Waals surface area (Å²) in [6, 6.07) is 5.82. The Labute approximate surface area is 173 Å². The summed E-state index contributed by atoms with van der Waals surface area (Å²) in [6.45, 7) is 1.80. The predicted molar refractivity (Wildman–Crippen MR) is 108 cm³/mol. The van der Waals surface area contributed by atoms with Crippen molar-refractivity contribution in [3.63, 3.8) is 0 Å². The highest BCUT2D eigenvalue weighted by atomic mass is 19.1. The summed E-state index contributed by atoms with van der Waals surface area (Å²) in [5.74, 6) is -1.76. The highest BCUT2D eigenvalue weighted by molar-refractivity contribution is 6.03. The third-order valence-corrected chi connectivity index (χ3v) is 5.93. The molecule has 7 nitrogen and oxygen atoms in total. The molecule has 30 heavy (non-hydrogen) atoms. The van der Waals surface area contributed by atoms with E-state index in [1.165, 1.54) is 24.1 Å². The lowest BCUT2D eigenvalue weighted by Gasteiger charge is -2.33. The fourth-order valence-electron chi connectivity index (χ4n) is 4.29. The summed E-state index contributed by atoms with van der Waals surface area (Å²) in [6.07, 6.45) is 3.22. The molecule has 0 aliphatic carbocycles. The van der Waals surface area contributed by atoms with E-state index in [4.69, 9.17) is 0 Å². The van der Waals surface area contributed by atoms with Crippen LogP contribution >= 0.6 is 0 Å². The van der Waals surface area contributed by atoms with Crippen molar-refractivity contribution in [1.82, 2.24) is 14.4 Å². The van der Waals surface area contributed by atoms with E-state index in [0.29, 0.717) is 31.6 Å². The second kappa shape index (κ2) is 7.93. The molecule has 0 radical (unpaired) electrons. The van der Waals surface area contributed by atoms with Gasteiger partial charge in [-0.3, -0.25) is 14.4 Å². The molecule has 2 aliphatic heterocycles. The Kier molecular flexibility index (Phi) is 5.32. The van der Waals surface area contributed by atoms with Gasteiger partial charge in [-0.15, -0.1) is 0 Å². The molecule has 1 N–H and O–H groups in total. The Bertz CT molecular complexity index is 1060. The normalized spacial score (nSPS) is 16.5. The van der Waals surface area contributed by atoms with Crippen LogP contribution in [-0.4, -0.2) is 50.9 Å². The van der Waals surface area contributed by atoms with Crippen LogP contribution in [0.15, 0.2) is 29.1 Å². The first-order chi connectivity index (χ1) is 14.4. The van der Waals surface area contributed by atoms with Crippen molar-refractivity contribution in [3.05, 3.63) is 62.8 Å². The van der Waals surface area contributed by atoms with Gasteiger partial charge in [0.1, 0.15) is 11.5 Å². The number of rotatable bonds is 3. The van der Waals surface area contributed by atoms with Crippen LogP contribution in [-0.2, 0) is 20.0 Å². The van der Waals surface area contributed by atoms with Crippen molar-refractivity contribution < 1.29 is 19.1 Å². The number of hydrogen-bond donors (Lipinski definition) is 1. The average molecular weight is 413 g/mol. The van der Waals surface area contributed by atoms with Gasteiger partial charge in [0.2, 0.25) is 0 Å². The molecule has 4 rings (SSSR count). The number of aromatic hydroxyl groups is 1. The first-order valence-corrected chi connectivity index (χ1v) is 10.2. The fraction of sp³-hybridized carbons (Fsp3) is 0.409. The first-order valence-electron chi connectivity index (χ1n) is 10.2. The number of piperidine rings is 1. The van der Waals surface area contributed by atoms with E-state index in [1.807, 2.05) is 0 Å². The largest absolute Gasteiger partial charge is 0.502 e. The maximum absolute atomic E-state index is 13.2. The molecule has 0 unspecified atom stereocenters. The van der Waals surface area contributed by atoms with Crippen molar-refractivity contribution >= 4 is 11.8 Å². The smallest absolute Gasteiger partial charge is 0.293 e. The Morgan fingerprint density at radius 1 is 1.07 bits per heavy atom. The number of halogens is 1. The number of carbonyl (C=O) groups excluding carboxylic acids is 2. The minimum absolute atomic E-state index is 0.0909. The molecule has 0 atom stereocenters. The SMILES string of the molecule is Cn1c(C(=O)N2CCCCC2)c2c(c(O)c1=O)C(=O)N(Cc1ccc(F)cc1)CC2. The van der Waals surface area contributed by atoms with E-state index >= 15 is 0 Å². The van der Waals surface area contributed by atoms with Crippen molar-refractivity contribution in [2.24, 2.45) is 7.05 Å². The van der Waals surface area contributed by atoms with Gasteiger partial charge in [0.05, 0.1) is 5.56 Å². The van der Waals surface area contributed by atoms with Gasteiger partial charge in [0.15, 0.2) is 5.75 Å². The molecule has 3 heterocycles. The van der Waals surface area contributed by atoms with Crippen molar-refractivity contribution in [2.75, 3.05) is 19.6 Å². The minimum Gasteiger partial charge on any atom is -0.502 e. The summed E-state index contributed by atoms with van der Waals surface area (Å²) in [4.78, 5) is 42.2. The third kappa shape index (κ3) is 3.46. The summed E-state index contributed by atoms with van der Waals surface area (Å²) < 4.78 is 14.3. The fourth-order valence-corrected chi connectivity index (χ4v) is 4.29. The maximum atomic E-state index is 13.2. The van der Waals surface area contributed by atoms with Gasteiger partial charge < -0.3 is 19.5 Å². The molecule has 2 aliphatic rings. The van der Waals surface area contributed by atoms with E-state index in [9.17, 15) is 23.9 Å². The van der Waals surface area contributed by atoms with Crippen LogP contribution in [0.25, 0.3) is 0 Å². The standard InChI is InChI=1S/C22H24FN3O4/c1-24-18(21(29)25-10-3-2-4-11-25)16-9-12-26(13-14-5-7-15(23)8-6-14)20(28)17(16)19(27)22(24)30/h5-8,27H,2-4,9-13H2,1H3. The van der Waals surface area contributed by atoms with Crippen LogP contribution in [0.2, 0.25) is 0 Å². The van der Waals surface area contributed by atoms with E-state index in [0.717, 1.165) is 29.4 Å². The maximum Gasteiger partial charge on any atom is 0.293 e. The van der Waals surface area contributed by atoms with Crippen LogP contribution < -0.4 is 5.56 Å². The Morgan fingerprint density at radius 2 is 1.73 bits per heavy atom. The van der Waals surface area contributed by atoms with Crippen LogP contribution in [0, 0.1) is 5.82 Å². The number of amides is 2. The number of nitrogens with zero attached hydrogens (tertiary/aromatic N) is 3. The Balaban J connectivity index is 1.72. The second-order valence-corrected chi connectivity index (χ2v) is 7.87. The summed E-state index contributed by atoms with van der Waals surface area (Å²) in [7, 11) is 1.45. The van der Waals surface area contributed by atoms with E-state index in [-0.39, 0.29) is 29.5 Å². The molecule has 0 spiro atoms. The van der Waals surface area contributed by atoms with Gasteiger partial charge in [0.25, 0.3) is 17.4 Å². The molecular weight excluding hydrogens is 389 g/mol. The summed E-state index contributed by atoms with van der Waals surface area (Å²) in [5.41, 5.74) is 0.495. The van der Waals surface area contributed by atoms with Gasteiger partial charge in [0, 0.05) is 38.8 Å². The molecule has 0 bridgehead atoms. The van der Waals surface area contributed by atoms with Gasteiger partial charge in [-0.1, -0.05) is 12.1 Å². The number of hydrogen-bond acceptors (Lipinski definition) is 4. The van der Waals surface area contributed by atoms with Crippen LogP contribution in [0.4, 0.5) is 4.39 Å². The monoisotopic (exact) mass is 413 g/mol. The summed E-state index contributed by atoms with van der Waals surface area (Å²) in [5, 5.41) is 10.5. The van der Waals surface area contributed by atoms with Crippen molar-refractivity contribution in [2.45, 2.75) is 32.2 Å². The number of aromatic nitrogens is 1. The zero-order valence-corrected chi connectivity index (χ0v) is 16.9. The highest BCUT2D eigenvalue weighted by Crippen LogP contribution is 2.29. The molecule has 2 aromatic rings. The van der Waals surface area contributed by atoms with Gasteiger partial charge in [-0.2, -0.15) is 0 Å². The zero-order chi connectivity index (χ0) is 21.4. The quantitative estimate of drug-likeness (QED) is 0.835. The molecular formula is C22H24FN3O4. The Hall–Kier alpha value is -3.16. The number of likely N-dealkylation sites (tertiary alicyclic amines) is 1. The van der Waals surface area contributed by atoms with Crippen LogP contribution in [0.5, 0.6) is 5.75 Å². The molecule has 2 amide bonds. The van der Waals surface area contributed by atoms with Gasteiger partial charge in [-0.25, -0.2) is 4.39 Å². The molecule has 8 heteroatoms. The second-order valence-electron chi connectivity index (χ2n) is 7.87. The van der Waals surface area contributed by atoms with E-state index in [2.05, 4.69) is 0 Å². The number of benzene rings is 1. The van der Waals surface area contributed by atoms with E-state index in [1.54, 1.807) is 17.0 Å².